The molecule has 8 heteroatoms. The highest BCUT2D eigenvalue weighted by Crippen LogP contribution is 2.43. The first-order valence-electron chi connectivity index (χ1n) is 11.3. The maximum absolute atomic E-state index is 14.7. The molecular weight excluding hydrogens is 431 g/mol. The van der Waals surface area contributed by atoms with Gasteiger partial charge in [-0.2, -0.15) is 0 Å². The quantitative estimate of drug-likeness (QED) is 0.444. The third-order valence-corrected chi connectivity index (χ3v) is 7.25. The van der Waals surface area contributed by atoms with E-state index in [1.165, 1.54) is 12.1 Å². The van der Waals surface area contributed by atoms with Crippen LogP contribution >= 0.6 is 0 Å². The Labute approximate surface area is 196 Å². The number of benzene rings is 2. The molecule has 2 saturated heterocycles. The molecule has 2 unspecified atom stereocenters. The lowest BCUT2D eigenvalue weighted by Crippen LogP contribution is -2.62. The Bertz CT molecular complexity index is 1480. The minimum atomic E-state index is -0.595. The summed E-state index contributed by atoms with van der Waals surface area (Å²) in [7, 11) is 0. The van der Waals surface area contributed by atoms with Gasteiger partial charge in [0.25, 0.3) is 0 Å². The van der Waals surface area contributed by atoms with E-state index in [4.69, 9.17) is 17.3 Å². The number of phenolic OH excluding ortho intramolecular Hbond substituents is 1. The van der Waals surface area contributed by atoms with E-state index in [9.17, 15) is 9.50 Å². The van der Waals surface area contributed by atoms with Crippen molar-refractivity contribution in [2.75, 3.05) is 18.0 Å². The van der Waals surface area contributed by atoms with Crippen molar-refractivity contribution in [1.82, 2.24) is 14.4 Å². The van der Waals surface area contributed by atoms with E-state index in [-0.39, 0.29) is 17.5 Å². The molecule has 1 aliphatic carbocycles. The van der Waals surface area contributed by atoms with Gasteiger partial charge in [-0.25, -0.2) is 19.2 Å². The summed E-state index contributed by atoms with van der Waals surface area (Å²) in [5, 5.41) is 10.4. The fraction of sp³-hybridized carbons (Fsp3) is 0.269. The summed E-state index contributed by atoms with van der Waals surface area (Å²) in [5.41, 5.74) is 10.2. The second-order valence-electron chi connectivity index (χ2n) is 9.27. The van der Waals surface area contributed by atoms with Crippen molar-refractivity contribution in [3.05, 3.63) is 71.6 Å². The van der Waals surface area contributed by atoms with E-state index in [1.807, 2.05) is 29.7 Å². The van der Waals surface area contributed by atoms with Crippen molar-refractivity contribution in [3.63, 3.8) is 0 Å². The zero-order chi connectivity index (χ0) is 23.6. The number of hydrogen-bond acceptors (Lipinski definition) is 5. The first-order valence-corrected chi connectivity index (χ1v) is 11.3. The molecule has 1 saturated carbocycles. The third-order valence-electron chi connectivity index (χ3n) is 7.25. The van der Waals surface area contributed by atoms with Crippen molar-refractivity contribution in [3.8, 4) is 28.1 Å². The maximum atomic E-state index is 14.7. The summed E-state index contributed by atoms with van der Waals surface area (Å²) in [5.74, 6) is 1.18. The van der Waals surface area contributed by atoms with Crippen LogP contribution in [0.15, 0.2) is 48.8 Å². The number of aromatic nitrogens is 3. The van der Waals surface area contributed by atoms with Gasteiger partial charge in [0.1, 0.15) is 17.2 Å². The lowest BCUT2D eigenvalue weighted by Gasteiger charge is -2.52. The summed E-state index contributed by atoms with van der Waals surface area (Å²) in [4.78, 5) is 15.2. The fourth-order valence-electron chi connectivity index (χ4n) is 5.26. The van der Waals surface area contributed by atoms with Crippen LogP contribution in [0.1, 0.15) is 12.0 Å². The van der Waals surface area contributed by atoms with Crippen molar-refractivity contribution in [2.24, 2.45) is 17.6 Å². The highest BCUT2D eigenvalue weighted by Gasteiger charge is 2.45. The van der Waals surface area contributed by atoms with Gasteiger partial charge < -0.3 is 15.7 Å². The van der Waals surface area contributed by atoms with E-state index in [1.54, 1.807) is 18.3 Å². The molecule has 0 amide bonds. The van der Waals surface area contributed by atoms with Gasteiger partial charge in [0.2, 0.25) is 11.6 Å². The summed E-state index contributed by atoms with van der Waals surface area (Å²) in [6, 6.07) is 10.2. The standard InChI is InChI=1S/C26H23FN6O/c1-14-3-4-15(11-21(14)34)22-24(16-5-6-20(29-2)19(27)10-16)31-26(33-8-7-30-25(22)33)32-12-17-9-18(13-32)23(17)28/h3-8,10-11,17-18,23,34H,9,12-13,28H2,1H3. The molecule has 2 aliphatic heterocycles. The molecule has 3 fully saturated rings. The van der Waals surface area contributed by atoms with Gasteiger partial charge in [0, 0.05) is 37.1 Å². The number of anilines is 1. The van der Waals surface area contributed by atoms with Crippen LogP contribution in [0.3, 0.4) is 0 Å². The Morgan fingerprint density at radius 3 is 2.59 bits per heavy atom. The Kier molecular flexibility index (Phi) is 4.57. The van der Waals surface area contributed by atoms with Gasteiger partial charge in [-0.05, 0) is 48.4 Å². The van der Waals surface area contributed by atoms with Crippen LogP contribution in [0.5, 0.6) is 5.75 Å². The number of rotatable bonds is 3. The molecule has 4 aromatic rings. The molecule has 170 valence electrons. The normalized spacial score (nSPS) is 21.4. The number of aryl methyl sites for hydroxylation is 1. The van der Waals surface area contributed by atoms with Gasteiger partial charge in [0.15, 0.2) is 0 Å². The maximum Gasteiger partial charge on any atom is 0.222 e. The van der Waals surface area contributed by atoms with E-state index < -0.39 is 5.82 Å². The zero-order valence-corrected chi connectivity index (χ0v) is 18.6. The number of piperidine rings is 2. The van der Waals surface area contributed by atoms with Crippen LogP contribution < -0.4 is 10.6 Å². The lowest BCUT2D eigenvalue weighted by molar-refractivity contribution is 0.114. The van der Waals surface area contributed by atoms with E-state index in [0.717, 1.165) is 36.6 Å². The highest BCUT2D eigenvalue weighted by atomic mass is 19.1. The predicted octanol–water partition coefficient (Wildman–Crippen LogP) is 4.55. The molecule has 3 N–H and O–H groups in total. The minimum Gasteiger partial charge on any atom is -0.508 e. The predicted molar refractivity (Wildman–Crippen MR) is 128 cm³/mol. The molecule has 4 heterocycles. The van der Waals surface area contributed by atoms with Crippen molar-refractivity contribution >= 4 is 17.3 Å². The SMILES string of the molecule is [C-]#[N+]c1ccc(-c2nc(N3CC4CC(C3)C4N)n3ccnc3c2-c2ccc(C)c(O)c2)cc1F. The molecule has 7 rings (SSSR count). The van der Waals surface area contributed by atoms with Gasteiger partial charge in [-0.1, -0.05) is 24.3 Å². The highest BCUT2D eigenvalue weighted by molar-refractivity contribution is 5.91. The number of nitrogens with two attached hydrogens (primary N) is 1. The van der Waals surface area contributed by atoms with Crippen LogP contribution in [0.2, 0.25) is 0 Å². The second kappa shape index (κ2) is 7.54. The Balaban J connectivity index is 1.60. The molecule has 7 nitrogen and oxygen atoms in total. The molecule has 0 radical (unpaired) electrons. The lowest BCUT2D eigenvalue weighted by atomic mass is 9.67. The van der Waals surface area contributed by atoms with Crippen LogP contribution in [0.4, 0.5) is 16.0 Å². The molecular formula is C26H23FN6O. The Morgan fingerprint density at radius 1 is 1.15 bits per heavy atom. The monoisotopic (exact) mass is 454 g/mol. The molecule has 2 atom stereocenters. The molecule has 34 heavy (non-hydrogen) atoms. The Hall–Kier alpha value is -3.96. The number of nitrogens with zero attached hydrogens (tertiary/aromatic N) is 5. The molecule has 2 aromatic carbocycles. The second-order valence-corrected chi connectivity index (χ2v) is 9.27. The number of aromatic hydroxyl groups is 1. The first-order chi connectivity index (χ1) is 16.4. The molecule has 3 aliphatic rings. The summed E-state index contributed by atoms with van der Waals surface area (Å²) < 4.78 is 16.6. The van der Waals surface area contributed by atoms with Gasteiger partial charge >= 0.3 is 0 Å². The largest absolute Gasteiger partial charge is 0.508 e. The zero-order valence-electron chi connectivity index (χ0n) is 18.6. The summed E-state index contributed by atoms with van der Waals surface area (Å²) in [6.07, 6.45) is 4.74. The van der Waals surface area contributed by atoms with Crippen LogP contribution in [0.25, 0.3) is 32.9 Å². The smallest absolute Gasteiger partial charge is 0.222 e. The van der Waals surface area contributed by atoms with Gasteiger partial charge in [0.05, 0.1) is 17.8 Å². The average molecular weight is 455 g/mol. The summed E-state index contributed by atoms with van der Waals surface area (Å²) in [6.45, 7) is 10.6. The number of halogens is 1. The topological polar surface area (TPSA) is 84.0 Å². The van der Waals surface area contributed by atoms with E-state index in [2.05, 4.69) is 14.7 Å². The molecule has 0 spiro atoms. The van der Waals surface area contributed by atoms with Crippen LogP contribution in [-0.2, 0) is 0 Å². The fourth-order valence-corrected chi connectivity index (χ4v) is 5.26. The van der Waals surface area contributed by atoms with E-state index >= 15 is 0 Å². The van der Waals surface area contributed by atoms with Crippen molar-refractivity contribution < 1.29 is 9.50 Å². The molecule has 2 bridgehead atoms. The van der Waals surface area contributed by atoms with Crippen LogP contribution in [-0.4, -0.2) is 38.6 Å². The van der Waals surface area contributed by atoms with Crippen LogP contribution in [0, 0.1) is 31.1 Å². The first kappa shape index (κ1) is 20.6. The number of phenols is 1. The van der Waals surface area contributed by atoms with E-state index in [0.29, 0.717) is 34.3 Å². The van der Waals surface area contributed by atoms with Crippen molar-refractivity contribution in [2.45, 2.75) is 19.4 Å². The van der Waals surface area contributed by atoms with Crippen molar-refractivity contribution in [1.29, 1.82) is 0 Å². The van der Waals surface area contributed by atoms with Gasteiger partial charge in [-0.3, -0.25) is 4.40 Å². The number of hydrogen-bond donors (Lipinski definition) is 2. The Morgan fingerprint density at radius 2 is 1.91 bits per heavy atom. The average Bonchev–Trinajstić information content (AvgIpc) is 3.34. The molecule has 2 aromatic heterocycles. The van der Waals surface area contributed by atoms with Gasteiger partial charge in [-0.15, -0.1) is 0 Å². The number of imidazole rings is 1. The minimum absolute atomic E-state index is 0.0366. The third kappa shape index (κ3) is 3.05. The summed E-state index contributed by atoms with van der Waals surface area (Å²) >= 11 is 0. The number of fused-ring (bicyclic) bond motifs is 3.